The molecule has 0 bridgehead atoms. The molecule has 0 atom stereocenters. The van der Waals surface area contributed by atoms with Crippen LogP contribution in [0.3, 0.4) is 0 Å². The molecule has 0 spiro atoms. The lowest BCUT2D eigenvalue weighted by Gasteiger charge is -2.34. The third-order valence-corrected chi connectivity index (χ3v) is 5.55. The monoisotopic (exact) mass is 424 g/mol. The Labute approximate surface area is 182 Å². The molecule has 2 aliphatic heterocycles. The summed E-state index contributed by atoms with van der Waals surface area (Å²) in [6.45, 7) is 5.90. The zero-order valence-corrected chi connectivity index (χ0v) is 17.6. The minimum Gasteiger partial charge on any atom is -0.490 e. The van der Waals surface area contributed by atoms with Crippen LogP contribution in [0.2, 0.25) is 0 Å². The molecule has 31 heavy (non-hydrogen) atoms. The number of para-hydroxylation sites is 2. The SMILES string of the molecule is O=C(CCC(=O)N1CCOc2ccccc21)NCCN1CCN(c2ncccn2)CC1. The van der Waals surface area contributed by atoms with Crippen molar-refractivity contribution in [2.24, 2.45) is 0 Å². The predicted molar refractivity (Wildman–Crippen MR) is 117 cm³/mol. The number of aromatic nitrogens is 2. The van der Waals surface area contributed by atoms with Crippen LogP contribution in [0.25, 0.3) is 0 Å². The fraction of sp³-hybridized carbons (Fsp3) is 0.455. The first-order valence-corrected chi connectivity index (χ1v) is 10.7. The molecule has 0 aliphatic carbocycles. The van der Waals surface area contributed by atoms with Gasteiger partial charge in [0.2, 0.25) is 17.8 Å². The van der Waals surface area contributed by atoms with Crippen LogP contribution in [-0.4, -0.2) is 79.1 Å². The Bertz CT molecular complexity index is 886. The third kappa shape index (κ3) is 5.49. The Morgan fingerprint density at radius 2 is 1.74 bits per heavy atom. The molecule has 0 saturated carbocycles. The van der Waals surface area contributed by atoms with Crippen molar-refractivity contribution in [2.75, 3.05) is 62.2 Å². The normalized spacial score (nSPS) is 16.4. The molecule has 3 heterocycles. The van der Waals surface area contributed by atoms with E-state index >= 15 is 0 Å². The molecule has 1 fully saturated rings. The molecule has 1 aromatic heterocycles. The molecule has 2 amide bonds. The Balaban J connectivity index is 1.14. The van der Waals surface area contributed by atoms with E-state index in [4.69, 9.17) is 4.74 Å². The molecule has 2 aliphatic rings. The van der Waals surface area contributed by atoms with Crippen LogP contribution in [0.15, 0.2) is 42.7 Å². The second-order valence-corrected chi connectivity index (χ2v) is 7.59. The van der Waals surface area contributed by atoms with Gasteiger partial charge < -0.3 is 19.9 Å². The van der Waals surface area contributed by atoms with Crippen LogP contribution in [0.5, 0.6) is 5.75 Å². The minimum atomic E-state index is -0.0915. The van der Waals surface area contributed by atoms with Gasteiger partial charge in [-0.1, -0.05) is 12.1 Å². The first kappa shape index (κ1) is 21.0. The number of piperazine rings is 1. The van der Waals surface area contributed by atoms with Crippen LogP contribution in [0, 0.1) is 0 Å². The van der Waals surface area contributed by atoms with Gasteiger partial charge in [0.15, 0.2) is 0 Å². The number of fused-ring (bicyclic) bond motifs is 1. The van der Waals surface area contributed by atoms with E-state index in [-0.39, 0.29) is 24.7 Å². The van der Waals surface area contributed by atoms with Gasteiger partial charge in [-0.25, -0.2) is 9.97 Å². The molecule has 9 heteroatoms. The van der Waals surface area contributed by atoms with Crippen molar-refractivity contribution in [3.8, 4) is 5.75 Å². The summed E-state index contributed by atoms with van der Waals surface area (Å²) in [5, 5.41) is 2.94. The number of rotatable bonds is 7. The van der Waals surface area contributed by atoms with Gasteiger partial charge in [0.05, 0.1) is 12.2 Å². The van der Waals surface area contributed by atoms with E-state index in [0.29, 0.717) is 25.4 Å². The molecule has 0 unspecified atom stereocenters. The minimum absolute atomic E-state index is 0.0508. The summed E-state index contributed by atoms with van der Waals surface area (Å²) in [5.74, 6) is 1.34. The summed E-state index contributed by atoms with van der Waals surface area (Å²) in [6, 6.07) is 9.31. The highest BCUT2D eigenvalue weighted by atomic mass is 16.5. The Morgan fingerprint density at radius 1 is 0.968 bits per heavy atom. The van der Waals surface area contributed by atoms with Crippen LogP contribution < -0.4 is 19.9 Å². The van der Waals surface area contributed by atoms with Crippen molar-refractivity contribution in [1.82, 2.24) is 20.2 Å². The number of carbonyl (C=O) groups is 2. The van der Waals surface area contributed by atoms with Crippen LogP contribution in [0.1, 0.15) is 12.8 Å². The average molecular weight is 425 g/mol. The number of benzene rings is 1. The molecule has 1 N–H and O–H groups in total. The largest absolute Gasteiger partial charge is 0.490 e. The van der Waals surface area contributed by atoms with E-state index < -0.39 is 0 Å². The van der Waals surface area contributed by atoms with Gasteiger partial charge in [-0.3, -0.25) is 14.5 Å². The number of hydrogen-bond acceptors (Lipinski definition) is 7. The lowest BCUT2D eigenvalue weighted by atomic mass is 10.2. The Hall–Kier alpha value is -3.20. The highest BCUT2D eigenvalue weighted by molar-refractivity contribution is 5.97. The number of nitrogens with one attached hydrogen (secondary N) is 1. The summed E-state index contributed by atoms with van der Waals surface area (Å²) in [7, 11) is 0. The standard InChI is InChI=1S/C22H28N6O3/c29-20(6-7-21(30)28-16-17-31-19-5-2-1-4-18(19)28)23-10-11-26-12-14-27(15-13-26)22-24-8-3-9-25-22/h1-5,8-9H,6-7,10-17H2,(H,23,29). The maximum Gasteiger partial charge on any atom is 0.227 e. The summed E-state index contributed by atoms with van der Waals surface area (Å²) in [4.78, 5) is 39.6. The van der Waals surface area contributed by atoms with Crippen molar-refractivity contribution in [3.63, 3.8) is 0 Å². The van der Waals surface area contributed by atoms with E-state index in [2.05, 4.69) is 25.1 Å². The lowest BCUT2D eigenvalue weighted by molar-refractivity contribution is -0.125. The van der Waals surface area contributed by atoms with Gasteiger partial charge in [-0.15, -0.1) is 0 Å². The second-order valence-electron chi connectivity index (χ2n) is 7.59. The fourth-order valence-corrected chi connectivity index (χ4v) is 3.85. The number of nitrogens with zero attached hydrogens (tertiary/aromatic N) is 5. The summed E-state index contributed by atoms with van der Waals surface area (Å²) < 4.78 is 5.58. The highest BCUT2D eigenvalue weighted by Crippen LogP contribution is 2.31. The van der Waals surface area contributed by atoms with Gasteiger partial charge in [0.1, 0.15) is 12.4 Å². The Kier molecular flexibility index (Phi) is 6.93. The molecular formula is C22H28N6O3. The summed E-state index contributed by atoms with van der Waals surface area (Å²) in [6.07, 6.45) is 3.90. The van der Waals surface area contributed by atoms with Crippen molar-refractivity contribution >= 4 is 23.5 Å². The number of hydrogen-bond donors (Lipinski definition) is 1. The van der Waals surface area contributed by atoms with Crippen molar-refractivity contribution < 1.29 is 14.3 Å². The molecule has 2 aromatic rings. The van der Waals surface area contributed by atoms with E-state index in [1.165, 1.54) is 0 Å². The highest BCUT2D eigenvalue weighted by Gasteiger charge is 2.23. The Morgan fingerprint density at radius 3 is 2.55 bits per heavy atom. The molecule has 1 saturated heterocycles. The second kappa shape index (κ2) is 10.2. The molecule has 164 valence electrons. The third-order valence-electron chi connectivity index (χ3n) is 5.55. The van der Waals surface area contributed by atoms with E-state index in [0.717, 1.165) is 44.4 Å². The van der Waals surface area contributed by atoms with Gasteiger partial charge in [-0.2, -0.15) is 0 Å². The lowest BCUT2D eigenvalue weighted by Crippen LogP contribution is -2.49. The zero-order chi connectivity index (χ0) is 21.5. The molecule has 4 rings (SSSR count). The van der Waals surface area contributed by atoms with E-state index in [1.807, 2.05) is 30.3 Å². The van der Waals surface area contributed by atoms with E-state index in [9.17, 15) is 9.59 Å². The average Bonchev–Trinajstić information content (AvgIpc) is 2.83. The molecule has 9 nitrogen and oxygen atoms in total. The van der Waals surface area contributed by atoms with Crippen LogP contribution in [0.4, 0.5) is 11.6 Å². The topological polar surface area (TPSA) is 90.9 Å². The van der Waals surface area contributed by atoms with Crippen molar-refractivity contribution in [1.29, 1.82) is 0 Å². The van der Waals surface area contributed by atoms with Gasteiger partial charge in [0.25, 0.3) is 0 Å². The zero-order valence-electron chi connectivity index (χ0n) is 17.6. The first-order chi connectivity index (χ1) is 15.2. The fourth-order valence-electron chi connectivity index (χ4n) is 3.85. The maximum absolute atomic E-state index is 12.6. The van der Waals surface area contributed by atoms with Gasteiger partial charge in [-0.05, 0) is 18.2 Å². The number of anilines is 2. The number of amides is 2. The number of carbonyl (C=O) groups excluding carboxylic acids is 2. The summed E-state index contributed by atoms with van der Waals surface area (Å²) in [5.41, 5.74) is 0.777. The predicted octanol–water partition coefficient (Wildman–Crippen LogP) is 0.921. The first-order valence-electron chi connectivity index (χ1n) is 10.7. The summed E-state index contributed by atoms with van der Waals surface area (Å²) >= 11 is 0. The van der Waals surface area contributed by atoms with Gasteiger partial charge in [0, 0.05) is 64.5 Å². The molecule has 0 radical (unpaired) electrons. The maximum atomic E-state index is 12.6. The van der Waals surface area contributed by atoms with Crippen molar-refractivity contribution in [2.45, 2.75) is 12.8 Å². The van der Waals surface area contributed by atoms with E-state index in [1.54, 1.807) is 17.3 Å². The van der Waals surface area contributed by atoms with Gasteiger partial charge >= 0.3 is 0 Å². The smallest absolute Gasteiger partial charge is 0.227 e. The number of ether oxygens (including phenoxy) is 1. The van der Waals surface area contributed by atoms with Crippen LogP contribution in [-0.2, 0) is 9.59 Å². The quantitative estimate of drug-likeness (QED) is 0.707. The van der Waals surface area contributed by atoms with Crippen molar-refractivity contribution in [3.05, 3.63) is 42.7 Å². The molecule has 1 aromatic carbocycles. The van der Waals surface area contributed by atoms with Crippen LogP contribution >= 0.6 is 0 Å². The molecular weight excluding hydrogens is 396 g/mol.